The second kappa shape index (κ2) is 3.99. The van der Waals surface area contributed by atoms with Crippen molar-refractivity contribution >= 4 is 11.4 Å². The Bertz CT molecular complexity index is 369. The maximum atomic E-state index is 12.3. The lowest BCUT2D eigenvalue weighted by molar-refractivity contribution is -0.384. The van der Waals surface area contributed by atoms with E-state index in [0.717, 1.165) is 12.1 Å². The molecule has 4 nitrogen and oxygen atoms in total. The van der Waals surface area contributed by atoms with Crippen LogP contribution in [0.3, 0.4) is 0 Å². The van der Waals surface area contributed by atoms with Gasteiger partial charge in [-0.2, -0.15) is 0 Å². The lowest BCUT2D eigenvalue weighted by Crippen LogP contribution is -2.00. The number of nitro groups is 1. The van der Waals surface area contributed by atoms with Gasteiger partial charge in [-0.3, -0.25) is 10.1 Å². The van der Waals surface area contributed by atoms with Gasteiger partial charge in [0.05, 0.1) is 4.92 Å². The van der Waals surface area contributed by atoms with Crippen LogP contribution < -0.4 is 5.73 Å². The molecule has 1 aromatic rings. The number of halogens is 2. The fourth-order valence-corrected chi connectivity index (χ4v) is 1.10. The Labute approximate surface area is 78.5 Å². The molecule has 76 valence electrons. The van der Waals surface area contributed by atoms with Crippen LogP contribution in [-0.2, 0) is 13.3 Å². The summed E-state index contributed by atoms with van der Waals surface area (Å²) >= 11 is 0. The standard InChI is InChI=1S/C8H8F2N2O2/c9-3-5-1-7(11)8(12(13)14)2-6(5)4-10/h1-2H,3-4,11H2. The van der Waals surface area contributed by atoms with E-state index in [0.29, 0.717) is 0 Å². The van der Waals surface area contributed by atoms with Crippen LogP contribution >= 0.6 is 0 Å². The van der Waals surface area contributed by atoms with Crippen molar-refractivity contribution in [2.75, 3.05) is 5.73 Å². The molecule has 0 amide bonds. The number of nitrogens with zero attached hydrogens (tertiary/aromatic N) is 1. The minimum absolute atomic E-state index is 0.0339. The molecular weight excluding hydrogens is 194 g/mol. The highest BCUT2D eigenvalue weighted by molar-refractivity contribution is 5.61. The summed E-state index contributed by atoms with van der Waals surface area (Å²) in [5.41, 5.74) is 4.76. The average molecular weight is 202 g/mol. The van der Waals surface area contributed by atoms with E-state index < -0.39 is 24.0 Å². The summed E-state index contributed by atoms with van der Waals surface area (Å²) in [7, 11) is 0. The maximum Gasteiger partial charge on any atom is 0.292 e. The van der Waals surface area contributed by atoms with Gasteiger partial charge in [-0.25, -0.2) is 8.78 Å². The van der Waals surface area contributed by atoms with Crippen molar-refractivity contribution in [1.82, 2.24) is 0 Å². The molecular formula is C8H8F2N2O2. The first kappa shape index (κ1) is 10.4. The summed E-state index contributed by atoms with van der Waals surface area (Å²) in [5, 5.41) is 10.4. The minimum Gasteiger partial charge on any atom is -0.393 e. The molecule has 0 atom stereocenters. The number of nitrogen functional groups attached to an aromatic ring is 1. The largest absolute Gasteiger partial charge is 0.393 e. The Kier molecular flexibility index (Phi) is 2.95. The lowest BCUT2D eigenvalue weighted by atomic mass is 10.1. The van der Waals surface area contributed by atoms with Gasteiger partial charge < -0.3 is 5.73 Å². The van der Waals surface area contributed by atoms with E-state index in [1.807, 2.05) is 0 Å². The molecule has 0 aliphatic carbocycles. The second-order valence-corrected chi connectivity index (χ2v) is 2.70. The summed E-state index contributed by atoms with van der Waals surface area (Å²) in [5.74, 6) is 0. The van der Waals surface area contributed by atoms with Crippen molar-refractivity contribution in [2.45, 2.75) is 13.3 Å². The molecule has 1 aromatic carbocycles. The molecule has 0 aliphatic rings. The van der Waals surface area contributed by atoms with E-state index in [1.165, 1.54) is 0 Å². The Balaban J connectivity index is 3.30. The first-order valence-electron chi connectivity index (χ1n) is 3.77. The lowest BCUT2D eigenvalue weighted by Gasteiger charge is -2.04. The van der Waals surface area contributed by atoms with Crippen LogP contribution in [0.25, 0.3) is 0 Å². The molecule has 0 aromatic heterocycles. The van der Waals surface area contributed by atoms with Gasteiger partial charge in [0.25, 0.3) is 5.69 Å². The fourth-order valence-electron chi connectivity index (χ4n) is 1.10. The van der Waals surface area contributed by atoms with Gasteiger partial charge >= 0.3 is 0 Å². The van der Waals surface area contributed by atoms with Crippen LogP contribution in [-0.4, -0.2) is 4.92 Å². The molecule has 0 heterocycles. The van der Waals surface area contributed by atoms with Gasteiger partial charge in [0.2, 0.25) is 0 Å². The molecule has 0 spiro atoms. The SMILES string of the molecule is Nc1cc(CF)c(CF)cc1[N+](=O)[O-]. The molecule has 0 unspecified atom stereocenters. The normalized spacial score (nSPS) is 10.1. The first-order chi connectivity index (χ1) is 6.60. The third kappa shape index (κ3) is 1.78. The molecule has 6 heteroatoms. The number of nitro benzene ring substituents is 1. The third-order valence-electron chi connectivity index (χ3n) is 1.83. The van der Waals surface area contributed by atoms with E-state index >= 15 is 0 Å². The molecule has 0 saturated heterocycles. The smallest absolute Gasteiger partial charge is 0.292 e. The van der Waals surface area contributed by atoms with E-state index in [1.54, 1.807) is 0 Å². The monoisotopic (exact) mass is 202 g/mol. The quantitative estimate of drug-likeness (QED) is 0.463. The van der Waals surface area contributed by atoms with Gasteiger partial charge in [0.1, 0.15) is 19.0 Å². The molecule has 0 fully saturated rings. The zero-order valence-electron chi connectivity index (χ0n) is 7.17. The number of alkyl halides is 2. The van der Waals surface area contributed by atoms with E-state index in [4.69, 9.17) is 5.73 Å². The van der Waals surface area contributed by atoms with Crippen molar-refractivity contribution in [3.63, 3.8) is 0 Å². The summed E-state index contributed by atoms with van der Waals surface area (Å²) in [6, 6.07) is 2.05. The first-order valence-corrected chi connectivity index (χ1v) is 3.77. The van der Waals surface area contributed by atoms with Crippen LogP contribution in [0.5, 0.6) is 0 Å². The number of rotatable bonds is 3. The van der Waals surface area contributed by atoms with Gasteiger partial charge in [-0.05, 0) is 17.2 Å². The summed E-state index contributed by atoms with van der Waals surface area (Å²) in [4.78, 5) is 9.67. The Hall–Kier alpha value is -1.72. The van der Waals surface area contributed by atoms with E-state index in [2.05, 4.69) is 0 Å². The fraction of sp³-hybridized carbons (Fsp3) is 0.250. The Morgan fingerprint density at radius 2 is 1.79 bits per heavy atom. The number of hydrogen-bond donors (Lipinski definition) is 1. The highest BCUT2D eigenvalue weighted by atomic mass is 19.1. The molecule has 0 saturated carbocycles. The molecule has 2 N–H and O–H groups in total. The maximum absolute atomic E-state index is 12.3. The van der Waals surface area contributed by atoms with Crippen LogP contribution in [0, 0.1) is 10.1 Å². The summed E-state index contributed by atoms with van der Waals surface area (Å²) < 4.78 is 24.6. The van der Waals surface area contributed by atoms with Crippen LogP contribution in [0.15, 0.2) is 12.1 Å². The summed E-state index contributed by atoms with van der Waals surface area (Å²) in [6.45, 7) is -1.83. The Morgan fingerprint density at radius 1 is 1.29 bits per heavy atom. The Morgan fingerprint density at radius 3 is 2.21 bits per heavy atom. The van der Waals surface area contributed by atoms with Crippen molar-refractivity contribution in [3.8, 4) is 0 Å². The van der Waals surface area contributed by atoms with E-state index in [9.17, 15) is 18.9 Å². The molecule has 1 rings (SSSR count). The third-order valence-corrected chi connectivity index (χ3v) is 1.83. The van der Waals surface area contributed by atoms with Gasteiger partial charge in [0.15, 0.2) is 0 Å². The molecule has 0 aliphatic heterocycles. The minimum atomic E-state index is -0.944. The predicted molar refractivity (Wildman–Crippen MR) is 47.1 cm³/mol. The van der Waals surface area contributed by atoms with Crippen molar-refractivity contribution in [2.24, 2.45) is 0 Å². The van der Waals surface area contributed by atoms with Gasteiger partial charge in [-0.1, -0.05) is 0 Å². The van der Waals surface area contributed by atoms with E-state index in [-0.39, 0.29) is 16.8 Å². The van der Waals surface area contributed by atoms with Crippen LogP contribution in [0.1, 0.15) is 11.1 Å². The molecule has 0 radical (unpaired) electrons. The van der Waals surface area contributed by atoms with Crippen molar-refractivity contribution < 1.29 is 13.7 Å². The number of hydrogen-bond acceptors (Lipinski definition) is 3. The number of nitrogens with two attached hydrogens (primary N) is 1. The average Bonchev–Trinajstić information content (AvgIpc) is 2.16. The van der Waals surface area contributed by atoms with Crippen molar-refractivity contribution in [1.29, 1.82) is 0 Å². The van der Waals surface area contributed by atoms with Crippen LogP contribution in [0.2, 0.25) is 0 Å². The summed E-state index contributed by atoms with van der Waals surface area (Å²) in [6.07, 6.45) is 0. The number of benzene rings is 1. The topological polar surface area (TPSA) is 69.2 Å². The van der Waals surface area contributed by atoms with Crippen molar-refractivity contribution in [3.05, 3.63) is 33.4 Å². The predicted octanol–water partition coefficient (Wildman–Crippen LogP) is 2.12. The van der Waals surface area contributed by atoms with Gasteiger partial charge in [-0.15, -0.1) is 0 Å². The zero-order chi connectivity index (χ0) is 10.7. The number of anilines is 1. The zero-order valence-corrected chi connectivity index (χ0v) is 7.17. The van der Waals surface area contributed by atoms with Gasteiger partial charge in [0, 0.05) is 6.07 Å². The second-order valence-electron chi connectivity index (χ2n) is 2.70. The molecule has 14 heavy (non-hydrogen) atoms. The van der Waals surface area contributed by atoms with Crippen LogP contribution in [0.4, 0.5) is 20.2 Å². The highest BCUT2D eigenvalue weighted by Gasteiger charge is 2.15. The highest BCUT2D eigenvalue weighted by Crippen LogP contribution is 2.26. The molecule has 0 bridgehead atoms.